The summed E-state index contributed by atoms with van der Waals surface area (Å²) in [7, 11) is 0. The number of nitrogens with one attached hydrogen (secondary N) is 1. The van der Waals surface area contributed by atoms with Gasteiger partial charge in [0.1, 0.15) is 6.04 Å². The van der Waals surface area contributed by atoms with Gasteiger partial charge in [-0.15, -0.1) is 11.8 Å². The molecule has 1 fully saturated rings. The van der Waals surface area contributed by atoms with E-state index in [1.54, 1.807) is 11.8 Å². The van der Waals surface area contributed by atoms with E-state index in [4.69, 9.17) is 5.11 Å². The Balaban J connectivity index is 2.05. The van der Waals surface area contributed by atoms with E-state index in [0.29, 0.717) is 5.75 Å². The van der Waals surface area contributed by atoms with Gasteiger partial charge < -0.3 is 5.11 Å². The lowest BCUT2D eigenvalue weighted by Crippen LogP contribution is -2.38. The molecule has 0 amide bonds. The molecule has 2 unspecified atom stereocenters. The van der Waals surface area contributed by atoms with Crippen molar-refractivity contribution >= 4 is 17.7 Å². The van der Waals surface area contributed by atoms with Gasteiger partial charge in [0.05, 0.1) is 17.6 Å². The second kappa shape index (κ2) is 5.32. The number of carboxylic acids is 1. The van der Waals surface area contributed by atoms with Crippen LogP contribution in [0.15, 0.2) is 0 Å². The minimum Gasteiger partial charge on any atom is -0.480 e. The zero-order valence-corrected chi connectivity index (χ0v) is 11.8. The molecule has 6 heteroatoms. The summed E-state index contributed by atoms with van der Waals surface area (Å²) in [5, 5.41) is 16.7. The number of carboxylic acid groups (broad SMARTS) is 1. The molecule has 0 bridgehead atoms. The molecule has 1 aromatic heterocycles. The zero-order chi connectivity index (χ0) is 13.3. The van der Waals surface area contributed by atoms with Crippen LogP contribution in [0.1, 0.15) is 23.9 Å². The van der Waals surface area contributed by atoms with Gasteiger partial charge in [0, 0.05) is 11.4 Å². The van der Waals surface area contributed by atoms with Gasteiger partial charge in [-0.05, 0) is 25.8 Å². The number of aliphatic carboxylic acids is 1. The first kappa shape index (κ1) is 13.4. The number of carbonyl (C=O) groups is 1. The molecule has 2 N–H and O–H groups in total. The Morgan fingerprint density at radius 3 is 2.83 bits per heavy atom. The maximum absolute atomic E-state index is 10.9. The van der Waals surface area contributed by atoms with Crippen molar-refractivity contribution in [3.05, 3.63) is 17.0 Å². The van der Waals surface area contributed by atoms with E-state index in [1.165, 1.54) is 11.3 Å². The molecule has 1 aliphatic heterocycles. The zero-order valence-electron chi connectivity index (χ0n) is 10.9. The Morgan fingerprint density at radius 2 is 2.33 bits per heavy atom. The highest BCUT2D eigenvalue weighted by molar-refractivity contribution is 8.00. The van der Waals surface area contributed by atoms with Crippen molar-refractivity contribution in [2.45, 2.75) is 45.2 Å². The number of nitrogens with zero attached hydrogens (tertiary/aromatic N) is 2. The molecule has 0 radical (unpaired) electrons. The predicted molar refractivity (Wildman–Crippen MR) is 71.9 cm³/mol. The van der Waals surface area contributed by atoms with E-state index in [1.807, 2.05) is 11.6 Å². The largest absolute Gasteiger partial charge is 0.480 e. The van der Waals surface area contributed by atoms with Gasteiger partial charge in [-0.1, -0.05) is 6.92 Å². The Bertz CT molecular complexity index is 458. The summed E-state index contributed by atoms with van der Waals surface area (Å²) in [6, 6.07) is -0.428. The van der Waals surface area contributed by atoms with Gasteiger partial charge in [0.25, 0.3) is 0 Å². The molecule has 2 heterocycles. The highest BCUT2D eigenvalue weighted by atomic mass is 32.2. The smallest absolute Gasteiger partial charge is 0.321 e. The summed E-state index contributed by atoms with van der Waals surface area (Å²) in [5.74, 6) is -0.146. The van der Waals surface area contributed by atoms with Crippen LogP contribution in [0, 0.1) is 13.8 Å². The maximum atomic E-state index is 10.9. The van der Waals surface area contributed by atoms with Crippen LogP contribution in [0.4, 0.5) is 0 Å². The number of rotatable bonds is 4. The number of hydrogen-bond acceptors (Lipinski definition) is 4. The van der Waals surface area contributed by atoms with Crippen molar-refractivity contribution in [1.82, 2.24) is 15.1 Å². The van der Waals surface area contributed by atoms with Crippen molar-refractivity contribution in [2.24, 2.45) is 0 Å². The van der Waals surface area contributed by atoms with Crippen molar-refractivity contribution < 1.29 is 9.90 Å². The van der Waals surface area contributed by atoms with Gasteiger partial charge >= 0.3 is 5.97 Å². The van der Waals surface area contributed by atoms with Crippen molar-refractivity contribution in [3.63, 3.8) is 0 Å². The molecule has 1 saturated heterocycles. The summed E-state index contributed by atoms with van der Waals surface area (Å²) in [4.78, 5) is 10.9. The standard InChI is InChI=1S/C12H19N3O2S/c1-4-9-7(2)14-15(8(9)3)5-11-13-10(6-18-11)12(16)17/h10-11,13H,4-6H2,1-3H3,(H,16,17). The summed E-state index contributed by atoms with van der Waals surface area (Å²) >= 11 is 1.65. The molecule has 1 aromatic rings. The van der Waals surface area contributed by atoms with E-state index in [9.17, 15) is 4.79 Å². The second-order valence-corrected chi connectivity index (χ2v) is 5.80. The fourth-order valence-corrected chi connectivity index (χ4v) is 3.53. The highest BCUT2D eigenvalue weighted by Crippen LogP contribution is 2.22. The minimum absolute atomic E-state index is 0.133. The minimum atomic E-state index is -0.771. The first-order valence-electron chi connectivity index (χ1n) is 6.16. The summed E-state index contributed by atoms with van der Waals surface area (Å²) in [6.07, 6.45) is 0.987. The van der Waals surface area contributed by atoms with Crippen LogP contribution in [0.5, 0.6) is 0 Å². The first-order valence-corrected chi connectivity index (χ1v) is 7.21. The SMILES string of the molecule is CCc1c(C)nn(CC2NC(C(=O)O)CS2)c1C. The number of thioether (sulfide) groups is 1. The molecule has 2 rings (SSSR count). The Hall–Kier alpha value is -1.01. The average Bonchev–Trinajstić information content (AvgIpc) is 2.86. The third kappa shape index (κ3) is 2.54. The monoisotopic (exact) mass is 269 g/mol. The molecular formula is C12H19N3O2S. The number of hydrogen-bond donors (Lipinski definition) is 2. The third-order valence-corrected chi connectivity index (χ3v) is 4.59. The number of aryl methyl sites for hydroxylation is 1. The van der Waals surface area contributed by atoms with Crippen LogP contribution in [0.25, 0.3) is 0 Å². The molecule has 100 valence electrons. The van der Waals surface area contributed by atoms with E-state index in [0.717, 1.165) is 18.7 Å². The van der Waals surface area contributed by atoms with Crippen LogP contribution < -0.4 is 5.32 Å². The molecular weight excluding hydrogens is 250 g/mol. The molecule has 0 saturated carbocycles. The van der Waals surface area contributed by atoms with Gasteiger partial charge in [-0.3, -0.25) is 14.8 Å². The van der Waals surface area contributed by atoms with Crippen molar-refractivity contribution in [3.8, 4) is 0 Å². The summed E-state index contributed by atoms with van der Waals surface area (Å²) in [5.41, 5.74) is 3.57. The lowest BCUT2D eigenvalue weighted by molar-refractivity contribution is -0.138. The van der Waals surface area contributed by atoms with Crippen LogP contribution in [0.2, 0.25) is 0 Å². The maximum Gasteiger partial charge on any atom is 0.321 e. The van der Waals surface area contributed by atoms with Crippen LogP contribution in [-0.2, 0) is 17.8 Å². The lowest BCUT2D eigenvalue weighted by Gasteiger charge is -2.12. The topological polar surface area (TPSA) is 67.2 Å². The van der Waals surface area contributed by atoms with E-state index in [2.05, 4.69) is 24.3 Å². The Kier molecular flexibility index (Phi) is 3.97. The molecule has 5 nitrogen and oxygen atoms in total. The lowest BCUT2D eigenvalue weighted by atomic mass is 10.1. The quantitative estimate of drug-likeness (QED) is 0.859. The molecule has 0 aromatic carbocycles. The van der Waals surface area contributed by atoms with Gasteiger partial charge in [-0.25, -0.2) is 0 Å². The van der Waals surface area contributed by atoms with Crippen LogP contribution in [0.3, 0.4) is 0 Å². The Labute approximate surface area is 111 Å². The second-order valence-electron chi connectivity index (χ2n) is 4.56. The third-order valence-electron chi connectivity index (χ3n) is 3.37. The van der Waals surface area contributed by atoms with Gasteiger partial charge in [0.15, 0.2) is 0 Å². The fourth-order valence-electron chi connectivity index (χ4n) is 2.36. The number of aromatic nitrogens is 2. The summed E-state index contributed by atoms with van der Waals surface area (Å²) in [6.45, 7) is 6.95. The fraction of sp³-hybridized carbons (Fsp3) is 0.667. The van der Waals surface area contributed by atoms with Crippen LogP contribution >= 0.6 is 11.8 Å². The normalized spacial score (nSPS) is 23.5. The van der Waals surface area contributed by atoms with Gasteiger partial charge in [-0.2, -0.15) is 5.10 Å². The first-order chi connectivity index (χ1) is 8.52. The van der Waals surface area contributed by atoms with E-state index in [-0.39, 0.29) is 5.37 Å². The highest BCUT2D eigenvalue weighted by Gasteiger charge is 2.30. The molecule has 0 aliphatic carbocycles. The van der Waals surface area contributed by atoms with Crippen LogP contribution in [-0.4, -0.2) is 38.0 Å². The predicted octanol–water partition coefficient (Wildman–Crippen LogP) is 1.18. The van der Waals surface area contributed by atoms with Crippen molar-refractivity contribution in [1.29, 1.82) is 0 Å². The van der Waals surface area contributed by atoms with Gasteiger partial charge in [0.2, 0.25) is 0 Å². The van der Waals surface area contributed by atoms with E-state index >= 15 is 0 Å². The van der Waals surface area contributed by atoms with E-state index < -0.39 is 12.0 Å². The van der Waals surface area contributed by atoms with Crippen molar-refractivity contribution in [2.75, 3.05) is 5.75 Å². The summed E-state index contributed by atoms with van der Waals surface area (Å²) < 4.78 is 1.99. The molecule has 1 aliphatic rings. The molecule has 18 heavy (non-hydrogen) atoms. The molecule has 0 spiro atoms. The molecule has 2 atom stereocenters. The Morgan fingerprint density at radius 1 is 1.61 bits per heavy atom. The average molecular weight is 269 g/mol.